The molecule has 0 heterocycles. The molecule has 136 valence electrons. The van der Waals surface area contributed by atoms with Crippen LogP contribution in [0.1, 0.15) is 20.7 Å². The molecular formula is C21H16ClNO4. The molecule has 0 bridgehead atoms. The van der Waals surface area contributed by atoms with Crippen molar-refractivity contribution in [2.24, 2.45) is 5.73 Å². The lowest BCUT2D eigenvalue weighted by Crippen LogP contribution is -2.16. The van der Waals surface area contributed by atoms with E-state index in [9.17, 15) is 9.59 Å². The monoisotopic (exact) mass is 381 g/mol. The number of rotatable bonds is 7. The first-order valence-electron chi connectivity index (χ1n) is 8.11. The maximum absolute atomic E-state index is 12.3. The largest absolute Gasteiger partial charge is 0.485 e. The number of ether oxygens (including phenoxy) is 2. The van der Waals surface area contributed by atoms with Gasteiger partial charge in [0, 0.05) is 10.6 Å². The number of para-hydroxylation sites is 1. The van der Waals surface area contributed by atoms with Gasteiger partial charge in [-0.15, -0.1) is 0 Å². The Hall–Kier alpha value is -3.31. The SMILES string of the molecule is NC(=O)c1cc(Cl)ccc1OCC(=O)c1ccc(Oc2ccccc2)cc1. The number of carbonyl (C=O) groups excluding carboxylic acids is 2. The Morgan fingerprint density at radius 2 is 1.56 bits per heavy atom. The van der Waals surface area contributed by atoms with Gasteiger partial charge >= 0.3 is 0 Å². The number of carbonyl (C=O) groups is 2. The molecule has 0 radical (unpaired) electrons. The maximum atomic E-state index is 12.3. The lowest BCUT2D eigenvalue weighted by atomic mass is 10.1. The summed E-state index contributed by atoms with van der Waals surface area (Å²) in [7, 11) is 0. The Kier molecular flexibility index (Phi) is 5.74. The van der Waals surface area contributed by atoms with Crippen LogP contribution < -0.4 is 15.2 Å². The van der Waals surface area contributed by atoms with Gasteiger partial charge in [-0.25, -0.2) is 0 Å². The zero-order valence-corrected chi connectivity index (χ0v) is 15.0. The number of nitrogens with two attached hydrogens (primary N) is 1. The van der Waals surface area contributed by atoms with Gasteiger partial charge in [-0.2, -0.15) is 0 Å². The summed E-state index contributed by atoms with van der Waals surface area (Å²) in [6.45, 7) is -0.235. The minimum atomic E-state index is -0.678. The predicted octanol–water partition coefficient (Wildman–Crippen LogP) is 4.49. The van der Waals surface area contributed by atoms with E-state index >= 15 is 0 Å². The molecule has 1 amide bonds. The summed E-state index contributed by atoms with van der Waals surface area (Å²) < 4.78 is 11.1. The van der Waals surface area contributed by atoms with Crippen LogP contribution in [0.2, 0.25) is 5.02 Å². The van der Waals surface area contributed by atoms with Crippen LogP contribution in [-0.2, 0) is 0 Å². The van der Waals surface area contributed by atoms with Gasteiger partial charge in [0.2, 0.25) is 0 Å². The summed E-state index contributed by atoms with van der Waals surface area (Å²) >= 11 is 5.85. The first kappa shape index (κ1) is 18.5. The fourth-order valence-corrected chi connectivity index (χ4v) is 2.55. The summed E-state index contributed by atoms with van der Waals surface area (Å²) in [5.74, 6) is 0.618. The van der Waals surface area contributed by atoms with Crippen LogP contribution in [0.3, 0.4) is 0 Å². The molecule has 0 aliphatic heterocycles. The van der Waals surface area contributed by atoms with Crippen LogP contribution in [0, 0.1) is 0 Å². The zero-order valence-electron chi connectivity index (χ0n) is 14.2. The highest BCUT2D eigenvalue weighted by Crippen LogP contribution is 2.24. The van der Waals surface area contributed by atoms with E-state index in [2.05, 4.69) is 0 Å². The molecule has 0 saturated carbocycles. The van der Waals surface area contributed by atoms with E-state index in [1.807, 2.05) is 30.3 Å². The lowest BCUT2D eigenvalue weighted by Gasteiger charge is -2.10. The quantitative estimate of drug-likeness (QED) is 0.611. The third kappa shape index (κ3) is 4.86. The highest BCUT2D eigenvalue weighted by atomic mass is 35.5. The highest BCUT2D eigenvalue weighted by molar-refractivity contribution is 6.31. The third-order valence-electron chi connectivity index (χ3n) is 3.72. The Labute approximate surface area is 161 Å². The van der Waals surface area contributed by atoms with Crippen LogP contribution >= 0.6 is 11.6 Å². The number of primary amides is 1. The van der Waals surface area contributed by atoms with Crippen LogP contribution in [0.4, 0.5) is 0 Å². The van der Waals surface area contributed by atoms with Crippen molar-refractivity contribution in [1.82, 2.24) is 0 Å². The molecule has 2 N–H and O–H groups in total. The normalized spacial score (nSPS) is 10.3. The van der Waals surface area contributed by atoms with Gasteiger partial charge in [0.1, 0.15) is 17.2 Å². The molecule has 3 rings (SSSR count). The first-order valence-corrected chi connectivity index (χ1v) is 8.49. The van der Waals surface area contributed by atoms with E-state index in [0.29, 0.717) is 22.1 Å². The summed E-state index contributed by atoms with van der Waals surface area (Å²) in [4.78, 5) is 23.8. The molecule has 0 spiro atoms. The van der Waals surface area contributed by atoms with Gasteiger partial charge in [-0.3, -0.25) is 9.59 Å². The molecule has 0 unspecified atom stereocenters. The van der Waals surface area contributed by atoms with Crippen molar-refractivity contribution in [3.8, 4) is 17.2 Å². The van der Waals surface area contributed by atoms with Gasteiger partial charge < -0.3 is 15.2 Å². The Balaban J connectivity index is 1.64. The van der Waals surface area contributed by atoms with E-state index in [-0.39, 0.29) is 23.7 Å². The number of halogens is 1. The number of benzene rings is 3. The number of amides is 1. The van der Waals surface area contributed by atoms with Crippen molar-refractivity contribution in [2.45, 2.75) is 0 Å². The van der Waals surface area contributed by atoms with Crippen LogP contribution in [-0.4, -0.2) is 18.3 Å². The number of Topliss-reactive ketones (excluding diaryl/α,β-unsaturated/α-hetero) is 1. The van der Waals surface area contributed by atoms with Crippen LogP contribution in [0.5, 0.6) is 17.2 Å². The second-order valence-electron chi connectivity index (χ2n) is 5.66. The van der Waals surface area contributed by atoms with Gasteiger partial charge in [0.25, 0.3) is 5.91 Å². The number of ketones is 1. The van der Waals surface area contributed by atoms with Crippen LogP contribution in [0.15, 0.2) is 72.8 Å². The molecule has 3 aromatic carbocycles. The maximum Gasteiger partial charge on any atom is 0.252 e. The van der Waals surface area contributed by atoms with Crippen molar-refractivity contribution in [1.29, 1.82) is 0 Å². The molecule has 0 atom stereocenters. The molecule has 27 heavy (non-hydrogen) atoms. The standard InChI is InChI=1S/C21H16ClNO4/c22-15-8-11-20(18(12-15)21(23)25)26-13-19(24)14-6-9-17(10-7-14)27-16-4-2-1-3-5-16/h1-12H,13H2,(H2,23,25). The lowest BCUT2D eigenvalue weighted by molar-refractivity contribution is 0.0912. The van der Waals surface area contributed by atoms with Gasteiger partial charge in [0.15, 0.2) is 12.4 Å². The van der Waals surface area contributed by atoms with Gasteiger partial charge in [0.05, 0.1) is 5.56 Å². The van der Waals surface area contributed by atoms with Gasteiger partial charge in [-0.05, 0) is 54.6 Å². The fourth-order valence-electron chi connectivity index (χ4n) is 2.38. The van der Waals surface area contributed by atoms with Gasteiger partial charge in [-0.1, -0.05) is 29.8 Å². The molecule has 0 fully saturated rings. The second-order valence-corrected chi connectivity index (χ2v) is 6.09. The van der Waals surface area contributed by atoms with E-state index in [4.69, 9.17) is 26.8 Å². The Morgan fingerprint density at radius 1 is 0.889 bits per heavy atom. The average molecular weight is 382 g/mol. The molecule has 0 aliphatic rings. The molecule has 5 nitrogen and oxygen atoms in total. The minimum Gasteiger partial charge on any atom is -0.485 e. The number of hydrogen-bond donors (Lipinski definition) is 1. The summed E-state index contributed by atoms with van der Waals surface area (Å²) in [6, 6.07) is 20.5. The molecule has 0 aromatic heterocycles. The van der Waals surface area contributed by atoms with Crippen molar-refractivity contribution in [2.75, 3.05) is 6.61 Å². The number of hydrogen-bond acceptors (Lipinski definition) is 4. The molecule has 0 aliphatic carbocycles. The molecule has 0 saturated heterocycles. The first-order chi connectivity index (χ1) is 13.0. The Bertz CT molecular complexity index is 956. The topological polar surface area (TPSA) is 78.6 Å². The highest BCUT2D eigenvalue weighted by Gasteiger charge is 2.13. The minimum absolute atomic E-state index is 0.127. The Morgan fingerprint density at radius 3 is 2.22 bits per heavy atom. The van der Waals surface area contributed by atoms with Crippen molar-refractivity contribution in [3.05, 3.63) is 88.9 Å². The van der Waals surface area contributed by atoms with E-state index < -0.39 is 5.91 Å². The van der Waals surface area contributed by atoms with Crippen molar-refractivity contribution in [3.63, 3.8) is 0 Å². The predicted molar refractivity (Wildman–Crippen MR) is 103 cm³/mol. The smallest absolute Gasteiger partial charge is 0.252 e. The van der Waals surface area contributed by atoms with Crippen molar-refractivity contribution >= 4 is 23.3 Å². The van der Waals surface area contributed by atoms with E-state index in [0.717, 1.165) is 0 Å². The van der Waals surface area contributed by atoms with E-state index in [1.165, 1.54) is 12.1 Å². The summed E-state index contributed by atoms with van der Waals surface area (Å²) in [5, 5.41) is 0.358. The average Bonchev–Trinajstić information content (AvgIpc) is 2.68. The van der Waals surface area contributed by atoms with E-state index in [1.54, 1.807) is 30.3 Å². The van der Waals surface area contributed by atoms with Crippen molar-refractivity contribution < 1.29 is 19.1 Å². The second kappa shape index (κ2) is 8.38. The fraction of sp³-hybridized carbons (Fsp3) is 0.0476. The summed E-state index contributed by atoms with van der Waals surface area (Å²) in [6.07, 6.45) is 0. The third-order valence-corrected chi connectivity index (χ3v) is 3.96. The zero-order chi connectivity index (χ0) is 19.2. The molecular weight excluding hydrogens is 366 g/mol. The molecule has 6 heteroatoms. The molecule has 3 aromatic rings. The summed E-state index contributed by atoms with van der Waals surface area (Å²) in [5.41, 5.74) is 5.89. The van der Waals surface area contributed by atoms with Crippen LogP contribution in [0.25, 0.3) is 0 Å².